The van der Waals surface area contributed by atoms with Crippen molar-refractivity contribution in [2.45, 2.75) is 52.0 Å². The number of hydrogen-bond acceptors (Lipinski definition) is 7. The Bertz CT molecular complexity index is 1550. The molecular weight excluding hydrogens is 526 g/mol. The van der Waals surface area contributed by atoms with Crippen molar-refractivity contribution >= 4 is 32.9 Å². The van der Waals surface area contributed by atoms with Crippen molar-refractivity contribution in [1.29, 1.82) is 0 Å². The van der Waals surface area contributed by atoms with Crippen LogP contribution in [0.2, 0.25) is 0 Å². The third-order valence-corrected chi connectivity index (χ3v) is 6.00. The second-order valence-electron chi connectivity index (χ2n) is 8.20. The minimum atomic E-state index is -0.666. The molecule has 0 fully saturated rings. The first kappa shape index (κ1) is 23.3. The highest BCUT2D eigenvalue weighted by Gasteiger charge is 2.20. The van der Waals surface area contributed by atoms with Gasteiger partial charge in [-0.1, -0.05) is 24.9 Å². The zero-order valence-corrected chi connectivity index (χ0v) is 20.3. The van der Waals surface area contributed by atoms with Crippen LogP contribution in [0.15, 0.2) is 32.3 Å². The lowest BCUT2D eigenvalue weighted by Crippen LogP contribution is -2.21. The van der Waals surface area contributed by atoms with Crippen LogP contribution in [0, 0.1) is 11.6 Å². The highest BCUT2D eigenvalue weighted by Crippen LogP contribution is 2.17. The third kappa shape index (κ3) is 4.72. The van der Waals surface area contributed by atoms with Crippen LogP contribution in [0.25, 0.3) is 16.9 Å². The summed E-state index contributed by atoms with van der Waals surface area (Å²) in [5, 5.41) is 12.4. The lowest BCUT2D eigenvalue weighted by molar-refractivity contribution is 0.373. The molecule has 1 N–H and O–H groups in total. The van der Waals surface area contributed by atoms with Gasteiger partial charge >= 0.3 is 0 Å². The molecule has 0 aliphatic carbocycles. The average molecular weight is 547 g/mol. The van der Waals surface area contributed by atoms with E-state index < -0.39 is 11.6 Å². The number of nitrogens with zero attached hydrogens (tertiary/aromatic N) is 7. The Labute approximate surface area is 205 Å². The van der Waals surface area contributed by atoms with E-state index in [0.717, 1.165) is 25.3 Å². The van der Waals surface area contributed by atoms with E-state index in [0.29, 0.717) is 64.2 Å². The normalized spacial score (nSPS) is 11.8. The number of halogens is 3. The van der Waals surface area contributed by atoms with E-state index >= 15 is 0 Å². The summed E-state index contributed by atoms with van der Waals surface area (Å²) < 4.78 is 36.0. The molecule has 4 heterocycles. The number of imidazole rings is 1. The molecule has 0 atom stereocenters. The van der Waals surface area contributed by atoms with Crippen LogP contribution >= 0.6 is 15.9 Å². The number of fused-ring (bicyclic) bond motifs is 2. The molecule has 0 spiro atoms. The zero-order valence-electron chi connectivity index (χ0n) is 18.8. The van der Waals surface area contributed by atoms with Crippen molar-refractivity contribution in [3.05, 3.63) is 68.0 Å². The molecule has 5 aromatic rings. The molecule has 0 saturated heterocycles. The molecule has 35 heavy (non-hydrogen) atoms. The topological polar surface area (TPSA) is 120 Å². The fourth-order valence-corrected chi connectivity index (χ4v) is 4.41. The second-order valence-corrected chi connectivity index (χ2v) is 8.95. The van der Waals surface area contributed by atoms with E-state index in [-0.39, 0.29) is 12.0 Å². The van der Waals surface area contributed by atoms with Crippen molar-refractivity contribution in [2.24, 2.45) is 0 Å². The van der Waals surface area contributed by atoms with Gasteiger partial charge in [0.15, 0.2) is 21.7 Å². The third-order valence-electron chi connectivity index (χ3n) is 5.63. The van der Waals surface area contributed by atoms with Crippen molar-refractivity contribution in [2.75, 3.05) is 0 Å². The number of hydrogen-bond donors (Lipinski definition) is 1. The molecule has 4 aromatic heterocycles. The zero-order chi connectivity index (χ0) is 24.5. The van der Waals surface area contributed by atoms with Crippen LogP contribution in [0.4, 0.5) is 8.78 Å². The van der Waals surface area contributed by atoms with E-state index in [4.69, 9.17) is 4.52 Å². The van der Waals surface area contributed by atoms with Crippen molar-refractivity contribution in [3.63, 3.8) is 0 Å². The Morgan fingerprint density at radius 1 is 1.09 bits per heavy atom. The molecule has 0 unspecified atom stereocenters. The first-order valence-electron chi connectivity index (χ1n) is 11.2. The smallest absolute Gasteiger partial charge is 0.286 e. The number of H-pyrrole nitrogens is 1. The second kappa shape index (κ2) is 9.64. The van der Waals surface area contributed by atoms with Gasteiger partial charge in [-0.25, -0.2) is 18.2 Å². The Kier molecular flexibility index (Phi) is 6.41. The van der Waals surface area contributed by atoms with Gasteiger partial charge in [0.1, 0.15) is 17.5 Å². The summed E-state index contributed by atoms with van der Waals surface area (Å²) >= 11 is 3.32. The maximum Gasteiger partial charge on any atom is 0.286 e. The molecule has 0 aliphatic heterocycles. The minimum absolute atomic E-state index is 0.126. The predicted molar refractivity (Wildman–Crippen MR) is 125 cm³/mol. The van der Waals surface area contributed by atoms with Gasteiger partial charge in [-0.15, -0.1) is 10.2 Å². The van der Waals surface area contributed by atoms with Gasteiger partial charge in [-0.3, -0.25) is 9.36 Å². The average Bonchev–Trinajstić information content (AvgIpc) is 3.52. The number of aryl methyl sites for hydroxylation is 3. The molecule has 10 nitrogen and oxygen atoms in total. The summed E-state index contributed by atoms with van der Waals surface area (Å²) in [6.45, 7) is 2.77. The number of benzene rings is 1. The molecule has 0 saturated carbocycles. The molecule has 1 aromatic carbocycles. The van der Waals surface area contributed by atoms with E-state index in [1.54, 1.807) is 0 Å². The quantitative estimate of drug-likeness (QED) is 0.221. The molecule has 13 heteroatoms. The molecule has 182 valence electrons. The summed E-state index contributed by atoms with van der Waals surface area (Å²) in [6, 6.07) is 3.25. The first-order valence-corrected chi connectivity index (χ1v) is 12.0. The van der Waals surface area contributed by atoms with Gasteiger partial charge in [-0.05, 0) is 40.0 Å². The Balaban J connectivity index is 1.40. The number of unbranched alkanes of at least 4 members (excludes halogenated alkanes) is 2. The lowest BCUT2D eigenvalue weighted by atomic mass is 10.1. The van der Waals surface area contributed by atoms with Gasteiger partial charge in [0, 0.05) is 31.9 Å². The van der Waals surface area contributed by atoms with Gasteiger partial charge in [0.25, 0.3) is 5.56 Å². The SMILES string of the molecule is CCCCCn1c2nc(Br)[nH]c2c(=O)n2c(CCc3nc(Cc4cc(F)cc(F)c4)no3)nnc12. The molecule has 0 radical (unpaired) electrons. The van der Waals surface area contributed by atoms with E-state index in [1.807, 2.05) is 4.57 Å². The standard InChI is InChI=1S/C22H21BrF2N8O2/c1-2-3-4-7-32-19-18(27-21(23)28-19)20(34)33-16(29-30-22(32)33)5-6-17-26-15(31-35-17)10-12-8-13(24)11-14(25)9-12/h8-9,11H,2-7,10H2,1H3,(H,27,28). The van der Waals surface area contributed by atoms with E-state index in [2.05, 4.69) is 53.2 Å². The van der Waals surface area contributed by atoms with Crippen molar-refractivity contribution in [1.82, 2.24) is 39.3 Å². The van der Waals surface area contributed by atoms with E-state index in [1.165, 1.54) is 16.5 Å². The Morgan fingerprint density at radius 3 is 2.66 bits per heavy atom. The summed E-state index contributed by atoms with van der Waals surface area (Å²) in [7, 11) is 0. The van der Waals surface area contributed by atoms with E-state index in [9.17, 15) is 13.6 Å². The number of aromatic amines is 1. The maximum atomic E-state index is 13.4. The fourth-order valence-electron chi connectivity index (χ4n) is 4.04. The van der Waals surface area contributed by atoms with Crippen LogP contribution in [-0.4, -0.2) is 39.3 Å². The van der Waals surface area contributed by atoms with Gasteiger partial charge < -0.3 is 9.51 Å². The molecule has 0 bridgehead atoms. The van der Waals surface area contributed by atoms with Gasteiger partial charge in [0.2, 0.25) is 11.7 Å². The number of aromatic nitrogens is 8. The lowest BCUT2D eigenvalue weighted by Gasteiger charge is -2.09. The largest absolute Gasteiger partial charge is 0.339 e. The van der Waals surface area contributed by atoms with Crippen LogP contribution in [0.3, 0.4) is 0 Å². The fraction of sp³-hybridized carbons (Fsp3) is 0.364. The summed E-state index contributed by atoms with van der Waals surface area (Å²) in [5.41, 5.74) is 1.00. The maximum absolute atomic E-state index is 13.4. The molecular formula is C22H21BrF2N8O2. The van der Waals surface area contributed by atoms with Crippen molar-refractivity contribution < 1.29 is 13.3 Å². The van der Waals surface area contributed by atoms with Gasteiger partial charge in [0.05, 0.1) is 0 Å². The monoisotopic (exact) mass is 546 g/mol. The number of nitrogens with one attached hydrogen (secondary N) is 1. The Hall–Kier alpha value is -3.48. The highest BCUT2D eigenvalue weighted by molar-refractivity contribution is 9.10. The van der Waals surface area contributed by atoms with Crippen LogP contribution in [0.1, 0.15) is 49.3 Å². The van der Waals surface area contributed by atoms with Crippen molar-refractivity contribution in [3.8, 4) is 0 Å². The van der Waals surface area contributed by atoms with Crippen LogP contribution < -0.4 is 5.56 Å². The summed E-state index contributed by atoms with van der Waals surface area (Å²) in [4.78, 5) is 24.9. The molecule has 5 rings (SSSR count). The highest BCUT2D eigenvalue weighted by atomic mass is 79.9. The minimum Gasteiger partial charge on any atom is -0.339 e. The molecule has 0 amide bonds. The number of rotatable bonds is 9. The first-order chi connectivity index (χ1) is 16.9. The Morgan fingerprint density at radius 2 is 1.89 bits per heavy atom. The summed E-state index contributed by atoms with van der Waals surface area (Å²) in [6.07, 6.45) is 3.77. The molecule has 0 aliphatic rings. The summed E-state index contributed by atoms with van der Waals surface area (Å²) in [5.74, 6) is 0.170. The predicted octanol–water partition coefficient (Wildman–Crippen LogP) is 3.76. The van der Waals surface area contributed by atoms with Crippen LogP contribution in [-0.2, 0) is 25.8 Å². The van der Waals surface area contributed by atoms with Gasteiger partial charge in [-0.2, -0.15) is 4.98 Å². The van der Waals surface area contributed by atoms with Crippen LogP contribution in [0.5, 0.6) is 0 Å².